The van der Waals surface area contributed by atoms with E-state index in [1.807, 2.05) is 44.2 Å². The molecule has 0 aliphatic carbocycles. The van der Waals surface area contributed by atoms with Crippen LogP contribution in [0.5, 0.6) is 0 Å². The zero-order chi connectivity index (χ0) is 22.6. The first-order valence-corrected chi connectivity index (χ1v) is 10.1. The van der Waals surface area contributed by atoms with Gasteiger partial charge in [0.15, 0.2) is 0 Å². The summed E-state index contributed by atoms with van der Waals surface area (Å²) in [6.45, 7) is 4.10. The van der Waals surface area contributed by atoms with Gasteiger partial charge in [0.2, 0.25) is 0 Å². The van der Waals surface area contributed by atoms with Crippen molar-refractivity contribution < 1.29 is 18.0 Å². The minimum Gasteiger partial charge on any atom is -0.326 e. The summed E-state index contributed by atoms with van der Waals surface area (Å²) in [5, 5.41) is 0. The van der Waals surface area contributed by atoms with Gasteiger partial charge in [0, 0.05) is 24.4 Å². The number of rotatable bonds is 7. The molecule has 162 valence electrons. The predicted octanol–water partition coefficient (Wildman–Crippen LogP) is 5.84. The minimum atomic E-state index is -4.53. The molecule has 2 aromatic carbocycles. The number of halogens is 3. The van der Waals surface area contributed by atoms with Crippen LogP contribution in [-0.4, -0.2) is 10.8 Å². The predicted molar refractivity (Wildman–Crippen MR) is 115 cm³/mol. The van der Waals surface area contributed by atoms with Crippen LogP contribution in [0, 0.1) is 6.92 Å². The quantitative estimate of drug-likeness (QED) is 0.516. The van der Waals surface area contributed by atoms with Gasteiger partial charge in [0.1, 0.15) is 11.5 Å². The Morgan fingerprint density at radius 1 is 1.06 bits per heavy atom. The highest BCUT2D eigenvalue weighted by atomic mass is 19.4. The fraction of sp³-hybridized carbons (Fsp3) is 0.280. The SMILES string of the molecule is Cc1cccc(-c2nc(C(F)(F)F)ccc2CCC(=O)C(C)c2cccc(CN)c2)c1. The minimum absolute atomic E-state index is 0.0178. The summed E-state index contributed by atoms with van der Waals surface area (Å²) < 4.78 is 39.7. The van der Waals surface area contributed by atoms with Crippen molar-refractivity contribution in [2.45, 2.75) is 45.3 Å². The average molecular weight is 426 g/mol. The standard InChI is InChI=1S/C25H25F3N2O/c1-16-5-3-8-21(13-16)24-19(10-12-23(30-24)25(26,27)28)9-11-22(31)17(2)20-7-4-6-18(14-20)15-29/h3-8,10,12-14,17H,9,11,15,29H2,1-2H3. The molecule has 0 fully saturated rings. The number of hydrogen-bond acceptors (Lipinski definition) is 3. The summed E-state index contributed by atoms with van der Waals surface area (Å²) in [6.07, 6.45) is -4.01. The molecule has 0 spiro atoms. The maximum Gasteiger partial charge on any atom is 0.433 e. The van der Waals surface area contributed by atoms with E-state index in [-0.39, 0.29) is 23.8 Å². The third kappa shape index (κ3) is 5.58. The molecule has 0 amide bonds. The molecule has 0 saturated heterocycles. The van der Waals surface area contributed by atoms with Gasteiger partial charge in [-0.05, 0) is 42.2 Å². The van der Waals surface area contributed by atoms with Crippen LogP contribution < -0.4 is 5.73 Å². The fourth-order valence-corrected chi connectivity index (χ4v) is 3.54. The molecule has 1 atom stereocenters. The molecule has 1 heterocycles. The number of pyridine rings is 1. The summed E-state index contributed by atoms with van der Waals surface area (Å²) in [5.74, 6) is -0.305. The normalized spacial score (nSPS) is 12.6. The number of benzene rings is 2. The molecule has 0 radical (unpaired) electrons. The molecule has 2 N–H and O–H groups in total. The van der Waals surface area contributed by atoms with E-state index in [4.69, 9.17) is 5.73 Å². The van der Waals surface area contributed by atoms with Gasteiger partial charge in [-0.25, -0.2) is 4.98 Å². The third-order valence-electron chi connectivity index (χ3n) is 5.37. The lowest BCUT2D eigenvalue weighted by molar-refractivity contribution is -0.141. The smallest absolute Gasteiger partial charge is 0.326 e. The molecule has 3 rings (SSSR count). The van der Waals surface area contributed by atoms with E-state index in [0.29, 0.717) is 24.1 Å². The van der Waals surface area contributed by atoms with Crippen LogP contribution in [-0.2, 0) is 23.9 Å². The van der Waals surface area contributed by atoms with Crippen LogP contribution in [0.25, 0.3) is 11.3 Å². The third-order valence-corrected chi connectivity index (χ3v) is 5.37. The number of carbonyl (C=O) groups is 1. The van der Waals surface area contributed by atoms with E-state index in [9.17, 15) is 18.0 Å². The highest BCUT2D eigenvalue weighted by molar-refractivity contribution is 5.85. The Labute approximate surface area is 180 Å². The number of ketones is 1. The first-order chi connectivity index (χ1) is 14.7. The van der Waals surface area contributed by atoms with Crippen molar-refractivity contribution >= 4 is 5.78 Å². The number of hydrogen-bond donors (Lipinski definition) is 1. The summed E-state index contributed by atoms with van der Waals surface area (Å²) in [4.78, 5) is 16.7. The Morgan fingerprint density at radius 3 is 2.48 bits per heavy atom. The number of aromatic nitrogens is 1. The number of aryl methyl sites for hydroxylation is 2. The maximum atomic E-state index is 13.2. The Hall–Kier alpha value is -2.99. The first kappa shape index (κ1) is 22.7. The van der Waals surface area contributed by atoms with Crippen molar-refractivity contribution in [3.63, 3.8) is 0 Å². The van der Waals surface area contributed by atoms with Crippen LogP contribution >= 0.6 is 0 Å². The molecule has 0 aliphatic heterocycles. The first-order valence-electron chi connectivity index (χ1n) is 10.1. The van der Waals surface area contributed by atoms with Gasteiger partial charge in [-0.3, -0.25) is 4.79 Å². The lowest BCUT2D eigenvalue weighted by Gasteiger charge is -2.15. The van der Waals surface area contributed by atoms with Crippen LogP contribution in [0.4, 0.5) is 13.2 Å². The van der Waals surface area contributed by atoms with Gasteiger partial charge in [0.05, 0.1) is 5.69 Å². The van der Waals surface area contributed by atoms with Gasteiger partial charge >= 0.3 is 6.18 Å². The van der Waals surface area contributed by atoms with Gasteiger partial charge in [-0.1, -0.05) is 61.0 Å². The Bertz CT molecular complexity index is 1080. The highest BCUT2D eigenvalue weighted by Gasteiger charge is 2.33. The average Bonchev–Trinajstić information content (AvgIpc) is 2.76. The van der Waals surface area contributed by atoms with Crippen molar-refractivity contribution in [1.82, 2.24) is 4.98 Å². The topological polar surface area (TPSA) is 56.0 Å². The van der Waals surface area contributed by atoms with Crippen molar-refractivity contribution in [3.05, 3.63) is 88.6 Å². The van der Waals surface area contributed by atoms with E-state index in [2.05, 4.69) is 4.98 Å². The second-order valence-corrected chi connectivity index (χ2v) is 7.71. The van der Waals surface area contributed by atoms with E-state index >= 15 is 0 Å². The molecule has 31 heavy (non-hydrogen) atoms. The second kappa shape index (κ2) is 9.43. The summed E-state index contributed by atoms with van der Waals surface area (Å²) in [5.41, 5.74) is 9.00. The van der Waals surface area contributed by atoms with Gasteiger partial charge < -0.3 is 5.73 Å². The lowest BCUT2D eigenvalue weighted by atomic mass is 9.91. The molecule has 6 heteroatoms. The Kier molecular flexibility index (Phi) is 6.91. The highest BCUT2D eigenvalue weighted by Crippen LogP contribution is 2.32. The molecule has 1 unspecified atom stereocenters. The second-order valence-electron chi connectivity index (χ2n) is 7.71. The van der Waals surface area contributed by atoms with Gasteiger partial charge in [0.25, 0.3) is 0 Å². The summed E-state index contributed by atoms with van der Waals surface area (Å²) >= 11 is 0. The number of nitrogens with two attached hydrogens (primary N) is 1. The molecule has 3 nitrogen and oxygen atoms in total. The molecule has 3 aromatic rings. The number of nitrogens with zero attached hydrogens (tertiary/aromatic N) is 1. The number of alkyl halides is 3. The van der Waals surface area contributed by atoms with Crippen LogP contribution in [0.3, 0.4) is 0 Å². The van der Waals surface area contributed by atoms with Crippen LogP contribution in [0.2, 0.25) is 0 Å². The molecular weight excluding hydrogens is 401 g/mol. The van der Waals surface area contributed by atoms with Crippen molar-refractivity contribution in [2.75, 3.05) is 0 Å². The van der Waals surface area contributed by atoms with Crippen molar-refractivity contribution in [2.24, 2.45) is 5.73 Å². The molecular formula is C25H25F3N2O. The summed E-state index contributed by atoms with van der Waals surface area (Å²) in [7, 11) is 0. The summed E-state index contributed by atoms with van der Waals surface area (Å²) in [6, 6.07) is 17.2. The van der Waals surface area contributed by atoms with E-state index in [1.165, 1.54) is 6.07 Å². The van der Waals surface area contributed by atoms with Crippen LogP contribution in [0.1, 0.15) is 47.2 Å². The van der Waals surface area contributed by atoms with Gasteiger partial charge in [-0.2, -0.15) is 13.2 Å². The largest absolute Gasteiger partial charge is 0.433 e. The Balaban J connectivity index is 1.85. The zero-order valence-electron chi connectivity index (χ0n) is 17.5. The van der Waals surface area contributed by atoms with E-state index in [0.717, 1.165) is 22.8 Å². The van der Waals surface area contributed by atoms with Crippen molar-refractivity contribution in [1.29, 1.82) is 0 Å². The number of carbonyl (C=O) groups excluding carboxylic acids is 1. The fourth-order valence-electron chi connectivity index (χ4n) is 3.54. The molecule has 0 aliphatic rings. The monoisotopic (exact) mass is 426 g/mol. The van der Waals surface area contributed by atoms with E-state index < -0.39 is 11.9 Å². The lowest BCUT2D eigenvalue weighted by Crippen LogP contribution is -2.13. The molecule has 0 bridgehead atoms. The van der Waals surface area contributed by atoms with E-state index in [1.54, 1.807) is 18.2 Å². The molecule has 0 saturated carbocycles. The van der Waals surface area contributed by atoms with Crippen molar-refractivity contribution in [3.8, 4) is 11.3 Å². The maximum absolute atomic E-state index is 13.2. The van der Waals surface area contributed by atoms with Gasteiger partial charge in [-0.15, -0.1) is 0 Å². The Morgan fingerprint density at radius 2 is 1.81 bits per heavy atom. The van der Waals surface area contributed by atoms with Crippen LogP contribution in [0.15, 0.2) is 60.7 Å². The zero-order valence-corrected chi connectivity index (χ0v) is 17.5. The molecule has 1 aromatic heterocycles. The number of Topliss-reactive ketones (excluding diaryl/α,β-unsaturated/α-hetero) is 1.